The fraction of sp³-hybridized carbons (Fsp3) is 0.200. The molecule has 0 saturated carbocycles. The Morgan fingerprint density at radius 2 is 2.07 bits per heavy atom. The van der Waals surface area contributed by atoms with Gasteiger partial charge in [-0.3, -0.25) is 0 Å². The van der Waals surface area contributed by atoms with Crippen LogP contribution in [0.2, 0.25) is 0 Å². The van der Waals surface area contributed by atoms with Crippen LogP contribution in [0.4, 0.5) is 8.78 Å². The van der Waals surface area contributed by atoms with Gasteiger partial charge in [0.05, 0.1) is 0 Å². The van der Waals surface area contributed by atoms with Crippen LogP contribution < -0.4 is 0 Å². The monoisotopic (exact) mass is 276 g/mol. The molecule has 1 aromatic carbocycles. The predicted molar refractivity (Wildman–Crippen MR) is 59.1 cm³/mol. The van der Waals surface area contributed by atoms with Crippen LogP contribution in [0.25, 0.3) is 10.1 Å². The predicted octanol–water partition coefficient (Wildman–Crippen LogP) is 4.78. The van der Waals surface area contributed by atoms with Gasteiger partial charge in [-0.2, -0.15) is 0 Å². The second kappa shape index (κ2) is 3.28. The molecular weight excluding hydrogens is 270 g/mol. The SMILES string of the molecule is CC(F)(F)c1csc2cccc(Br)c12. The molecule has 0 aliphatic rings. The molecule has 0 nitrogen and oxygen atoms in total. The maximum atomic E-state index is 13.2. The largest absolute Gasteiger partial charge is 0.271 e. The number of rotatable bonds is 1. The van der Waals surface area contributed by atoms with Crippen LogP contribution in [0.15, 0.2) is 28.1 Å². The summed E-state index contributed by atoms with van der Waals surface area (Å²) in [6.45, 7) is 0.925. The van der Waals surface area contributed by atoms with Crippen molar-refractivity contribution < 1.29 is 8.78 Å². The molecule has 0 N–H and O–H groups in total. The van der Waals surface area contributed by atoms with Crippen LogP contribution in [0.3, 0.4) is 0 Å². The molecule has 0 fully saturated rings. The molecule has 0 atom stereocenters. The van der Waals surface area contributed by atoms with Crippen molar-refractivity contribution >= 4 is 37.4 Å². The van der Waals surface area contributed by atoms with Gasteiger partial charge in [-0.15, -0.1) is 11.3 Å². The van der Waals surface area contributed by atoms with E-state index in [4.69, 9.17) is 0 Å². The van der Waals surface area contributed by atoms with Crippen molar-refractivity contribution in [2.45, 2.75) is 12.8 Å². The fourth-order valence-electron chi connectivity index (χ4n) is 1.37. The smallest absolute Gasteiger partial charge is 0.202 e. The van der Waals surface area contributed by atoms with E-state index < -0.39 is 5.92 Å². The van der Waals surface area contributed by atoms with Gasteiger partial charge in [-0.1, -0.05) is 22.0 Å². The molecule has 74 valence electrons. The van der Waals surface area contributed by atoms with E-state index in [2.05, 4.69) is 15.9 Å². The van der Waals surface area contributed by atoms with Gasteiger partial charge in [0.25, 0.3) is 5.92 Å². The van der Waals surface area contributed by atoms with E-state index in [-0.39, 0.29) is 5.56 Å². The zero-order valence-corrected chi connectivity index (χ0v) is 9.75. The third kappa shape index (κ3) is 1.57. The van der Waals surface area contributed by atoms with Gasteiger partial charge in [0.1, 0.15) is 0 Å². The standard InChI is InChI=1S/C10H7BrF2S/c1-10(12,13)6-5-14-8-4-2-3-7(11)9(6)8/h2-5H,1H3. The number of alkyl halides is 2. The molecule has 1 heterocycles. The summed E-state index contributed by atoms with van der Waals surface area (Å²) in [6, 6.07) is 5.48. The summed E-state index contributed by atoms with van der Waals surface area (Å²) in [5.74, 6) is -2.78. The molecule has 0 bridgehead atoms. The molecule has 0 spiro atoms. The first-order valence-electron chi connectivity index (χ1n) is 4.04. The summed E-state index contributed by atoms with van der Waals surface area (Å²) in [4.78, 5) is 0. The van der Waals surface area contributed by atoms with E-state index in [0.717, 1.165) is 16.1 Å². The van der Waals surface area contributed by atoms with E-state index >= 15 is 0 Å². The third-order valence-electron chi connectivity index (χ3n) is 2.02. The lowest BCUT2D eigenvalue weighted by Gasteiger charge is -2.09. The molecule has 14 heavy (non-hydrogen) atoms. The Balaban J connectivity index is 2.80. The van der Waals surface area contributed by atoms with Crippen LogP contribution in [0.1, 0.15) is 12.5 Å². The second-order valence-corrected chi connectivity index (χ2v) is 4.92. The second-order valence-electron chi connectivity index (χ2n) is 3.15. The summed E-state index contributed by atoms with van der Waals surface area (Å²) >= 11 is 4.64. The maximum absolute atomic E-state index is 13.2. The van der Waals surface area contributed by atoms with E-state index in [1.54, 1.807) is 6.07 Å². The minimum absolute atomic E-state index is 0.102. The zero-order chi connectivity index (χ0) is 10.3. The average Bonchev–Trinajstić information content (AvgIpc) is 2.47. The highest BCUT2D eigenvalue weighted by Gasteiger charge is 2.28. The highest BCUT2D eigenvalue weighted by atomic mass is 79.9. The lowest BCUT2D eigenvalue weighted by Crippen LogP contribution is -2.05. The van der Waals surface area contributed by atoms with E-state index in [1.165, 1.54) is 16.7 Å². The number of hydrogen-bond donors (Lipinski definition) is 0. The number of halogens is 3. The van der Waals surface area contributed by atoms with Crippen molar-refractivity contribution in [1.29, 1.82) is 0 Å². The quantitative estimate of drug-likeness (QED) is 0.704. The Hall–Kier alpha value is -0.480. The van der Waals surface area contributed by atoms with E-state index in [1.807, 2.05) is 12.1 Å². The van der Waals surface area contributed by atoms with Gasteiger partial charge >= 0.3 is 0 Å². The summed E-state index contributed by atoms with van der Waals surface area (Å²) in [6.07, 6.45) is 0. The highest BCUT2D eigenvalue weighted by Crippen LogP contribution is 2.40. The summed E-state index contributed by atoms with van der Waals surface area (Å²) < 4.78 is 28.0. The molecule has 2 rings (SSSR count). The normalized spacial score (nSPS) is 12.3. The summed E-state index contributed by atoms with van der Waals surface area (Å²) in [5, 5.41) is 2.15. The van der Waals surface area contributed by atoms with Crippen molar-refractivity contribution in [3.8, 4) is 0 Å². The van der Waals surface area contributed by atoms with Gasteiger partial charge in [0, 0.05) is 32.4 Å². The van der Waals surface area contributed by atoms with E-state index in [0.29, 0.717) is 5.39 Å². The van der Waals surface area contributed by atoms with Gasteiger partial charge in [0.15, 0.2) is 0 Å². The van der Waals surface area contributed by atoms with Crippen molar-refractivity contribution in [3.63, 3.8) is 0 Å². The van der Waals surface area contributed by atoms with Crippen LogP contribution >= 0.6 is 27.3 Å². The average molecular weight is 277 g/mol. The molecule has 4 heteroatoms. The first kappa shape index (κ1) is 10.1. The van der Waals surface area contributed by atoms with Crippen molar-refractivity contribution in [2.24, 2.45) is 0 Å². The molecule has 2 aromatic rings. The molecule has 0 radical (unpaired) electrons. The molecular formula is C10H7BrF2S. The molecule has 0 aliphatic carbocycles. The Morgan fingerprint density at radius 1 is 1.36 bits per heavy atom. The van der Waals surface area contributed by atoms with Crippen LogP contribution in [-0.4, -0.2) is 0 Å². The van der Waals surface area contributed by atoms with Crippen LogP contribution in [0.5, 0.6) is 0 Å². The first-order valence-corrected chi connectivity index (χ1v) is 5.71. The molecule has 0 saturated heterocycles. The van der Waals surface area contributed by atoms with Crippen LogP contribution in [0, 0.1) is 0 Å². The fourth-order valence-corrected chi connectivity index (χ4v) is 3.14. The Kier molecular flexibility index (Phi) is 2.35. The van der Waals surface area contributed by atoms with Gasteiger partial charge in [-0.05, 0) is 12.1 Å². The Bertz CT molecular complexity index is 470. The number of thiophene rings is 1. The van der Waals surface area contributed by atoms with Gasteiger partial charge in [-0.25, -0.2) is 8.78 Å². The van der Waals surface area contributed by atoms with Crippen molar-refractivity contribution in [2.75, 3.05) is 0 Å². The highest BCUT2D eigenvalue weighted by molar-refractivity contribution is 9.10. The zero-order valence-electron chi connectivity index (χ0n) is 7.35. The van der Waals surface area contributed by atoms with Crippen molar-refractivity contribution in [3.05, 3.63) is 33.6 Å². The molecule has 0 unspecified atom stereocenters. The number of fused-ring (bicyclic) bond motifs is 1. The Morgan fingerprint density at radius 3 is 2.71 bits per heavy atom. The lowest BCUT2D eigenvalue weighted by atomic mass is 10.1. The van der Waals surface area contributed by atoms with Crippen molar-refractivity contribution in [1.82, 2.24) is 0 Å². The first-order chi connectivity index (χ1) is 6.50. The maximum Gasteiger partial charge on any atom is 0.271 e. The number of benzene rings is 1. The molecule has 1 aromatic heterocycles. The third-order valence-corrected chi connectivity index (χ3v) is 3.63. The van der Waals surface area contributed by atoms with E-state index in [9.17, 15) is 8.78 Å². The van der Waals surface area contributed by atoms with Gasteiger partial charge in [0.2, 0.25) is 0 Å². The topological polar surface area (TPSA) is 0 Å². The minimum Gasteiger partial charge on any atom is -0.202 e. The minimum atomic E-state index is -2.78. The molecule has 0 amide bonds. The lowest BCUT2D eigenvalue weighted by molar-refractivity contribution is 0.0194. The Labute approximate surface area is 92.7 Å². The molecule has 0 aliphatic heterocycles. The van der Waals surface area contributed by atoms with Crippen LogP contribution in [-0.2, 0) is 5.92 Å². The summed E-state index contributed by atoms with van der Waals surface area (Å²) in [5.41, 5.74) is 0.102. The van der Waals surface area contributed by atoms with Gasteiger partial charge < -0.3 is 0 Å². The number of hydrogen-bond acceptors (Lipinski definition) is 1. The summed E-state index contributed by atoms with van der Waals surface area (Å²) in [7, 11) is 0.